The van der Waals surface area contributed by atoms with Crippen LogP contribution in [0.2, 0.25) is 0 Å². The normalized spacial score (nSPS) is 19.9. The number of ether oxygens (including phenoxy) is 3. The lowest BCUT2D eigenvalue weighted by molar-refractivity contribution is -0.105. The maximum absolute atomic E-state index is 13.3. The first kappa shape index (κ1) is 31.5. The molecule has 2 aliphatic carbocycles. The van der Waals surface area contributed by atoms with Crippen LogP contribution in [-0.2, 0) is 32.0 Å². The van der Waals surface area contributed by atoms with Crippen molar-refractivity contribution in [3.63, 3.8) is 0 Å². The van der Waals surface area contributed by atoms with Gasteiger partial charge in [0.2, 0.25) is 0 Å². The highest BCUT2D eigenvalue weighted by atomic mass is 35.5. The summed E-state index contributed by atoms with van der Waals surface area (Å²) in [6.45, 7) is 8.64. The molecule has 0 bridgehead atoms. The summed E-state index contributed by atoms with van der Waals surface area (Å²) in [6.07, 6.45) is 8.75. The van der Waals surface area contributed by atoms with Gasteiger partial charge in [-0.3, -0.25) is 14.6 Å². The first-order valence-electron chi connectivity index (χ1n) is 13.1. The number of thiophene rings is 1. The second-order valence-corrected chi connectivity index (χ2v) is 10.8. The van der Waals surface area contributed by atoms with Crippen molar-refractivity contribution in [2.45, 2.75) is 51.4 Å². The van der Waals surface area contributed by atoms with Crippen LogP contribution in [0, 0.1) is 0 Å². The third-order valence-electron chi connectivity index (χ3n) is 7.18. The summed E-state index contributed by atoms with van der Waals surface area (Å²) in [5.41, 5.74) is 2.56. The van der Waals surface area contributed by atoms with Gasteiger partial charge in [-0.25, -0.2) is 0 Å². The molecule has 4 rings (SSSR count). The largest absolute Gasteiger partial charge is 0.498 e. The van der Waals surface area contributed by atoms with E-state index < -0.39 is 5.60 Å². The molecule has 40 heavy (non-hydrogen) atoms. The number of carbonyl (C=O) groups is 2. The summed E-state index contributed by atoms with van der Waals surface area (Å²) >= 11 is 7.70. The second-order valence-electron chi connectivity index (χ2n) is 9.41. The Kier molecular flexibility index (Phi) is 11.5. The lowest BCUT2D eigenvalue weighted by Gasteiger charge is -2.34. The average molecular weight is 585 g/mol. The number of allylic oxidation sites excluding steroid dienone is 3. The van der Waals surface area contributed by atoms with E-state index in [9.17, 15) is 9.59 Å². The Balaban J connectivity index is 0.000000267. The lowest BCUT2D eigenvalue weighted by atomic mass is 9.94. The van der Waals surface area contributed by atoms with Gasteiger partial charge >= 0.3 is 0 Å². The molecule has 2 atom stereocenters. The third kappa shape index (κ3) is 6.63. The number of halogens is 1. The highest BCUT2D eigenvalue weighted by molar-refractivity contribution is 7.18. The smallest absolute Gasteiger partial charge is 0.257 e. The Labute approximate surface area is 245 Å². The molecule has 0 saturated carbocycles. The minimum atomic E-state index is -0.531. The van der Waals surface area contributed by atoms with Crippen LogP contribution in [0.15, 0.2) is 64.9 Å². The molecule has 0 saturated heterocycles. The molecule has 0 spiro atoms. The molecule has 1 heterocycles. The number of amides is 1. The fraction of sp³-hybridized carbons (Fsp3) is 0.387. The first-order chi connectivity index (χ1) is 19.3. The zero-order valence-electron chi connectivity index (χ0n) is 23.7. The highest BCUT2D eigenvalue weighted by Gasteiger charge is 2.39. The van der Waals surface area contributed by atoms with Crippen LogP contribution in [0.4, 0.5) is 5.00 Å². The van der Waals surface area contributed by atoms with E-state index in [0.29, 0.717) is 47.1 Å². The maximum Gasteiger partial charge on any atom is 0.257 e. The molecule has 2 unspecified atom stereocenters. The number of aliphatic imine (C=N–C) groups is 1. The van der Waals surface area contributed by atoms with Crippen molar-refractivity contribution in [2.24, 2.45) is 4.99 Å². The number of rotatable bonds is 9. The van der Waals surface area contributed by atoms with E-state index in [0.717, 1.165) is 34.5 Å². The minimum Gasteiger partial charge on any atom is -0.498 e. The van der Waals surface area contributed by atoms with Crippen LogP contribution in [-0.4, -0.2) is 63.4 Å². The number of methoxy groups -OCH3 is 3. The minimum absolute atomic E-state index is 0.0738. The highest BCUT2D eigenvalue weighted by Crippen LogP contribution is 2.45. The van der Waals surface area contributed by atoms with Gasteiger partial charge < -0.3 is 19.1 Å². The van der Waals surface area contributed by atoms with E-state index in [2.05, 4.69) is 17.8 Å². The standard InChI is InChI=1S/C20H19ClN2O2S.C11H18O3/c1-3-23(11-13-7-5-4-6-8-13)20(25)16-15-10-9-14(12-24)17(21)18(15)26-19(16)22-2;1-11(14-4)9(12-2)7-5-6-8-10(11)13-3/h4-8,12H,2-3,9-11H2,1H3;5,7-9H,6H2,1-4H3. The van der Waals surface area contributed by atoms with Crippen LogP contribution >= 0.6 is 22.9 Å². The Morgan fingerprint density at radius 3 is 2.55 bits per heavy atom. The van der Waals surface area contributed by atoms with Gasteiger partial charge in [-0.15, -0.1) is 11.3 Å². The monoisotopic (exact) mass is 584 g/mol. The van der Waals surface area contributed by atoms with Crippen molar-refractivity contribution in [1.29, 1.82) is 0 Å². The van der Waals surface area contributed by atoms with E-state index >= 15 is 0 Å². The molecule has 2 aliphatic rings. The fourth-order valence-electron chi connectivity index (χ4n) is 4.82. The van der Waals surface area contributed by atoms with Crippen LogP contribution in [0.1, 0.15) is 53.1 Å². The van der Waals surface area contributed by atoms with Crippen LogP contribution in [0.3, 0.4) is 0 Å². The number of aldehydes is 1. The Hall–Kier alpha value is -3.04. The predicted octanol–water partition coefficient (Wildman–Crippen LogP) is 6.73. The Morgan fingerprint density at radius 2 is 1.98 bits per heavy atom. The summed E-state index contributed by atoms with van der Waals surface area (Å²) in [5.74, 6) is 0.743. The van der Waals surface area contributed by atoms with Crippen molar-refractivity contribution in [3.8, 4) is 0 Å². The quantitative estimate of drug-likeness (QED) is 0.185. The summed E-state index contributed by atoms with van der Waals surface area (Å²) < 4.78 is 16.2. The number of hydrogen-bond acceptors (Lipinski definition) is 7. The number of nitrogens with zero attached hydrogens (tertiary/aromatic N) is 2. The van der Waals surface area contributed by atoms with Gasteiger partial charge in [0.25, 0.3) is 5.91 Å². The van der Waals surface area contributed by atoms with E-state index in [1.54, 1.807) is 26.2 Å². The molecule has 1 aromatic heterocycles. The second kappa shape index (κ2) is 14.6. The van der Waals surface area contributed by atoms with Crippen LogP contribution in [0.5, 0.6) is 0 Å². The topological polar surface area (TPSA) is 77.4 Å². The van der Waals surface area contributed by atoms with Gasteiger partial charge in [-0.05, 0) is 57.0 Å². The fourth-order valence-corrected chi connectivity index (χ4v) is 6.31. The van der Waals surface area contributed by atoms with Gasteiger partial charge in [0.05, 0.1) is 22.6 Å². The number of hydrogen-bond donors (Lipinski definition) is 0. The molecule has 1 amide bonds. The molecule has 0 aliphatic heterocycles. The Morgan fingerprint density at radius 1 is 1.25 bits per heavy atom. The molecular weight excluding hydrogens is 548 g/mol. The van der Waals surface area contributed by atoms with E-state index in [1.165, 1.54) is 11.3 Å². The van der Waals surface area contributed by atoms with E-state index in [1.807, 2.05) is 56.3 Å². The Bertz CT molecular complexity index is 1300. The summed E-state index contributed by atoms with van der Waals surface area (Å²) in [5, 5.41) is 0.998. The molecule has 0 N–H and O–H groups in total. The average Bonchev–Trinajstić information content (AvgIpc) is 3.29. The maximum atomic E-state index is 13.3. The first-order valence-corrected chi connectivity index (χ1v) is 14.3. The molecular formula is C31H37ClN2O5S. The number of fused-ring (bicyclic) bond motifs is 1. The lowest BCUT2D eigenvalue weighted by Crippen LogP contribution is -2.43. The number of benzene rings is 1. The SMILES string of the molecule is C=Nc1sc2c(c1C(=O)N(CC)Cc1ccccc1)CCC(C=O)=C2Cl.COC1=CCC=CC(OC)C1(C)OC. The van der Waals surface area contributed by atoms with Crippen molar-refractivity contribution >= 4 is 51.9 Å². The molecule has 0 fully saturated rings. The van der Waals surface area contributed by atoms with E-state index in [-0.39, 0.29) is 12.0 Å². The summed E-state index contributed by atoms with van der Waals surface area (Å²) in [4.78, 5) is 31.1. The van der Waals surface area contributed by atoms with Gasteiger partial charge in [0.15, 0.2) is 5.60 Å². The van der Waals surface area contributed by atoms with Crippen LogP contribution in [0.25, 0.3) is 5.03 Å². The third-order valence-corrected chi connectivity index (χ3v) is 8.90. The molecule has 0 radical (unpaired) electrons. The van der Waals surface area contributed by atoms with Crippen molar-refractivity contribution in [1.82, 2.24) is 4.90 Å². The summed E-state index contributed by atoms with van der Waals surface area (Å²) in [7, 11) is 4.99. The van der Waals surface area contributed by atoms with Gasteiger partial charge in [0.1, 0.15) is 23.2 Å². The molecule has 9 heteroatoms. The van der Waals surface area contributed by atoms with Gasteiger partial charge in [-0.1, -0.05) is 54.1 Å². The molecule has 214 valence electrons. The van der Waals surface area contributed by atoms with Crippen molar-refractivity contribution in [3.05, 3.63) is 81.5 Å². The zero-order valence-corrected chi connectivity index (χ0v) is 25.3. The number of carbonyl (C=O) groups excluding carboxylic acids is 2. The van der Waals surface area contributed by atoms with Gasteiger partial charge in [0, 0.05) is 32.9 Å². The molecule has 1 aromatic carbocycles. The van der Waals surface area contributed by atoms with Crippen molar-refractivity contribution in [2.75, 3.05) is 27.9 Å². The summed E-state index contributed by atoms with van der Waals surface area (Å²) in [6, 6.07) is 9.88. The zero-order chi connectivity index (χ0) is 29.3. The molecule has 7 nitrogen and oxygen atoms in total. The predicted molar refractivity (Wildman–Crippen MR) is 163 cm³/mol. The van der Waals surface area contributed by atoms with Crippen LogP contribution < -0.4 is 0 Å². The molecule has 2 aromatic rings. The van der Waals surface area contributed by atoms with Gasteiger partial charge in [-0.2, -0.15) is 0 Å². The van der Waals surface area contributed by atoms with E-state index in [4.69, 9.17) is 25.8 Å². The van der Waals surface area contributed by atoms with Crippen molar-refractivity contribution < 1.29 is 23.8 Å².